The summed E-state index contributed by atoms with van der Waals surface area (Å²) in [4.78, 5) is 14.9. The number of urea groups is 1. The third-order valence-electron chi connectivity index (χ3n) is 2.82. The number of aromatic nitrogens is 1. The van der Waals surface area contributed by atoms with Crippen LogP contribution < -0.4 is 16.4 Å². The van der Waals surface area contributed by atoms with Gasteiger partial charge in [-0.05, 0) is 30.7 Å². The summed E-state index contributed by atoms with van der Waals surface area (Å²) >= 11 is 0. The highest BCUT2D eigenvalue weighted by atomic mass is 16.2. The Morgan fingerprint density at radius 2 is 2.11 bits per heavy atom. The van der Waals surface area contributed by atoms with Gasteiger partial charge in [0.25, 0.3) is 0 Å². The van der Waals surface area contributed by atoms with E-state index in [0.29, 0.717) is 13.1 Å². The van der Waals surface area contributed by atoms with E-state index in [1.807, 2.05) is 19.1 Å². The molecule has 100 valence electrons. The first-order valence-corrected chi connectivity index (χ1v) is 6.25. The van der Waals surface area contributed by atoms with Crippen LogP contribution in [-0.2, 0) is 6.54 Å². The molecule has 0 fully saturated rings. The van der Waals surface area contributed by atoms with Crippen molar-refractivity contribution in [1.29, 1.82) is 0 Å². The molecule has 5 nitrogen and oxygen atoms in total. The maximum atomic E-state index is 10.5. The molecule has 2 rings (SSSR count). The molecule has 0 saturated carbocycles. The van der Waals surface area contributed by atoms with Crippen LogP contribution in [0.1, 0.15) is 11.3 Å². The topological polar surface area (TPSA) is 80.0 Å². The molecule has 0 aliphatic rings. The van der Waals surface area contributed by atoms with Crippen molar-refractivity contribution in [3.8, 4) is 0 Å². The van der Waals surface area contributed by atoms with Gasteiger partial charge in [0.2, 0.25) is 0 Å². The lowest BCUT2D eigenvalue weighted by Gasteiger charge is -2.06. The Hall–Kier alpha value is -2.14. The Kier molecular flexibility index (Phi) is 4.30. The maximum absolute atomic E-state index is 10.5. The zero-order chi connectivity index (χ0) is 13.7. The van der Waals surface area contributed by atoms with Gasteiger partial charge in [0, 0.05) is 30.7 Å². The van der Waals surface area contributed by atoms with Crippen LogP contribution in [0.25, 0.3) is 10.9 Å². The Morgan fingerprint density at radius 1 is 1.26 bits per heavy atom. The molecule has 5 heteroatoms. The zero-order valence-electron chi connectivity index (χ0n) is 10.9. The summed E-state index contributed by atoms with van der Waals surface area (Å²) in [5, 5.41) is 6.92. The Labute approximate surface area is 112 Å². The van der Waals surface area contributed by atoms with Crippen LogP contribution in [0.4, 0.5) is 4.79 Å². The molecule has 4 N–H and O–H groups in total. The molecule has 0 bridgehead atoms. The molecule has 0 spiro atoms. The molecular weight excluding hydrogens is 240 g/mol. The Bertz CT molecular complexity index is 583. The fraction of sp³-hybridized carbons (Fsp3) is 0.286. The van der Waals surface area contributed by atoms with Gasteiger partial charge in [-0.1, -0.05) is 12.1 Å². The lowest BCUT2D eigenvalue weighted by molar-refractivity contribution is 0.249. The average molecular weight is 258 g/mol. The molecule has 1 heterocycles. The lowest BCUT2D eigenvalue weighted by Crippen LogP contribution is -2.35. The van der Waals surface area contributed by atoms with Crippen molar-refractivity contribution in [2.75, 3.05) is 13.1 Å². The van der Waals surface area contributed by atoms with E-state index in [2.05, 4.69) is 33.8 Å². The predicted molar refractivity (Wildman–Crippen MR) is 75.8 cm³/mol. The second-order valence-electron chi connectivity index (χ2n) is 4.45. The highest BCUT2D eigenvalue weighted by Crippen LogP contribution is 2.14. The largest absolute Gasteiger partial charge is 0.352 e. The van der Waals surface area contributed by atoms with E-state index in [-0.39, 0.29) is 0 Å². The highest BCUT2D eigenvalue weighted by molar-refractivity contribution is 5.79. The molecule has 0 aliphatic carbocycles. The standard InChI is InChI=1S/C14H18N4O/c1-10-2-4-12-8-11(3-5-13(12)18-10)9-16-6-7-17-14(15)19/h2-5,8,16H,6-7,9H2,1H3,(H3,15,17,19). The van der Waals surface area contributed by atoms with Gasteiger partial charge in [-0.3, -0.25) is 4.98 Å². The SMILES string of the molecule is Cc1ccc2cc(CNCCNC(N)=O)ccc2n1. The number of carbonyl (C=O) groups excluding carboxylic acids is 1. The third-order valence-corrected chi connectivity index (χ3v) is 2.82. The number of aryl methyl sites for hydroxylation is 1. The van der Waals surface area contributed by atoms with Gasteiger partial charge in [0.1, 0.15) is 0 Å². The molecule has 0 saturated heterocycles. The number of rotatable bonds is 5. The van der Waals surface area contributed by atoms with E-state index >= 15 is 0 Å². The summed E-state index contributed by atoms with van der Waals surface area (Å²) < 4.78 is 0. The first kappa shape index (κ1) is 13.3. The molecule has 2 amide bonds. The Balaban J connectivity index is 1.91. The molecular formula is C14H18N4O. The van der Waals surface area contributed by atoms with Gasteiger partial charge < -0.3 is 16.4 Å². The van der Waals surface area contributed by atoms with Gasteiger partial charge >= 0.3 is 6.03 Å². The van der Waals surface area contributed by atoms with Gasteiger partial charge in [0.15, 0.2) is 0 Å². The van der Waals surface area contributed by atoms with Crippen LogP contribution in [0.2, 0.25) is 0 Å². The number of nitrogens with one attached hydrogen (secondary N) is 2. The number of benzene rings is 1. The van der Waals surface area contributed by atoms with Crippen LogP contribution in [0.15, 0.2) is 30.3 Å². The van der Waals surface area contributed by atoms with Crippen molar-refractivity contribution in [3.05, 3.63) is 41.6 Å². The van der Waals surface area contributed by atoms with Crippen molar-refractivity contribution in [3.63, 3.8) is 0 Å². The molecule has 0 atom stereocenters. The molecule has 0 radical (unpaired) electrons. The number of hydrogen-bond donors (Lipinski definition) is 3. The molecule has 2 aromatic rings. The molecule has 0 unspecified atom stereocenters. The fourth-order valence-corrected chi connectivity index (χ4v) is 1.89. The summed E-state index contributed by atoms with van der Waals surface area (Å²) in [7, 11) is 0. The van der Waals surface area contributed by atoms with Gasteiger partial charge in [-0.25, -0.2) is 4.79 Å². The number of primary amides is 1. The van der Waals surface area contributed by atoms with Crippen LogP contribution >= 0.6 is 0 Å². The van der Waals surface area contributed by atoms with Crippen molar-refractivity contribution in [1.82, 2.24) is 15.6 Å². The monoisotopic (exact) mass is 258 g/mol. The summed E-state index contributed by atoms with van der Waals surface area (Å²) in [6.07, 6.45) is 0. The predicted octanol–water partition coefficient (Wildman–Crippen LogP) is 1.30. The number of amides is 2. The minimum atomic E-state index is -0.492. The van der Waals surface area contributed by atoms with Crippen LogP contribution in [0.3, 0.4) is 0 Å². The minimum Gasteiger partial charge on any atom is -0.352 e. The van der Waals surface area contributed by atoms with Crippen molar-refractivity contribution >= 4 is 16.9 Å². The summed E-state index contributed by atoms with van der Waals surface area (Å²) in [5.74, 6) is 0. The first-order chi connectivity index (χ1) is 9.15. The van der Waals surface area contributed by atoms with Gasteiger partial charge in [-0.15, -0.1) is 0 Å². The van der Waals surface area contributed by atoms with Crippen LogP contribution in [0, 0.1) is 6.92 Å². The number of nitrogens with zero attached hydrogens (tertiary/aromatic N) is 1. The maximum Gasteiger partial charge on any atom is 0.312 e. The molecule has 1 aromatic heterocycles. The van der Waals surface area contributed by atoms with Crippen molar-refractivity contribution in [2.45, 2.75) is 13.5 Å². The fourth-order valence-electron chi connectivity index (χ4n) is 1.89. The van der Waals surface area contributed by atoms with E-state index in [1.165, 1.54) is 5.56 Å². The van der Waals surface area contributed by atoms with Crippen LogP contribution in [0.5, 0.6) is 0 Å². The summed E-state index contributed by atoms with van der Waals surface area (Å²) in [6, 6.07) is 9.81. The number of carbonyl (C=O) groups is 1. The van der Waals surface area contributed by atoms with Gasteiger partial charge in [-0.2, -0.15) is 0 Å². The zero-order valence-corrected chi connectivity index (χ0v) is 10.9. The van der Waals surface area contributed by atoms with Gasteiger partial charge in [0.05, 0.1) is 5.52 Å². The Morgan fingerprint density at radius 3 is 2.89 bits per heavy atom. The summed E-state index contributed by atoms with van der Waals surface area (Å²) in [5.41, 5.74) is 8.20. The van der Waals surface area contributed by atoms with Crippen molar-refractivity contribution < 1.29 is 4.79 Å². The van der Waals surface area contributed by atoms with Crippen LogP contribution in [-0.4, -0.2) is 24.1 Å². The van der Waals surface area contributed by atoms with E-state index in [0.717, 1.165) is 23.1 Å². The second-order valence-corrected chi connectivity index (χ2v) is 4.45. The quantitative estimate of drug-likeness (QED) is 0.707. The average Bonchev–Trinajstić information content (AvgIpc) is 2.38. The molecule has 1 aromatic carbocycles. The number of nitrogens with two attached hydrogens (primary N) is 1. The molecule has 0 aliphatic heterocycles. The van der Waals surface area contributed by atoms with E-state index in [9.17, 15) is 4.79 Å². The van der Waals surface area contributed by atoms with E-state index in [1.54, 1.807) is 0 Å². The number of pyridine rings is 1. The number of fused-ring (bicyclic) bond motifs is 1. The highest BCUT2D eigenvalue weighted by Gasteiger charge is 1.98. The number of hydrogen-bond acceptors (Lipinski definition) is 3. The lowest BCUT2D eigenvalue weighted by atomic mass is 10.1. The summed E-state index contributed by atoms with van der Waals surface area (Å²) in [6.45, 7) is 3.96. The van der Waals surface area contributed by atoms with E-state index in [4.69, 9.17) is 5.73 Å². The molecule has 19 heavy (non-hydrogen) atoms. The smallest absolute Gasteiger partial charge is 0.312 e. The normalized spacial score (nSPS) is 10.6. The second kappa shape index (κ2) is 6.15. The third kappa shape index (κ3) is 3.93. The first-order valence-electron chi connectivity index (χ1n) is 6.25. The van der Waals surface area contributed by atoms with E-state index < -0.39 is 6.03 Å². The minimum absolute atomic E-state index is 0.492. The van der Waals surface area contributed by atoms with Crippen molar-refractivity contribution in [2.24, 2.45) is 5.73 Å².